The number of hydrogen-bond acceptors (Lipinski definition) is 6. The number of sulfonamides is 1. The second-order valence-electron chi connectivity index (χ2n) is 3.27. The van der Waals surface area contributed by atoms with E-state index in [1.54, 1.807) is 12.1 Å². The summed E-state index contributed by atoms with van der Waals surface area (Å²) in [5.74, 6) is 0. The maximum absolute atomic E-state index is 12.1. The molecule has 0 aliphatic carbocycles. The van der Waals surface area contributed by atoms with Crippen LogP contribution in [-0.2, 0) is 16.6 Å². The van der Waals surface area contributed by atoms with Gasteiger partial charge in [0, 0.05) is 4.47 Å². The monoisotopic (exact) mass is 349 g/mol. The number of nitrogens with zero attached hydrogens (tertiary/aromatic N) is 2. The zero-order valence-electron chi connectivity index (χ0n) is 8.87. The molecule has 0 radical (unpaired) electrons. The van der Waals surface area contributed by atoms with Crippen LogP contribution in [0.4, 0.5) is 5.13 Å². The molecule has 0 saturated heterocycles. The Labute approximate surface area is 116 Å². The molecule has 18 heavy (non-hydrogen) atoms. The summed E-state index contributed by atoms with van der Waals surface area (Å²) in [5, 5.41) is 16.4. The lowest BCUT2D eigenvalue weighted by atomic mass is 10.2. The van der Waals surface area contributed by atoms with Crippen molar-refractivity contribution in [2.24, 2.45) is 0 Å². The van der Waals surface area contributed by atoms with E-state index in [1.165, 1.54) is 11.6 Å². The molecule has 0 fully saturated rings. The van der Waals surface area contributed by atoms with Crippen LogP contribution in [-0.4, -0.2) is 23.7 Å². The predicted octanol–water partition coefficient (Wildman–Crippen LogP) is 1.59. The molecule has 0 aliphatic rings. The standard InChI is InChI=1S/C9H8BrN3O3S2/c10-7-2-1-6(4-14)3-8(7)18(15,16)13-9-12-11-5-17-9/h1-3,5,14H,4H2,(H,12,13). The van der Waals surface area contributed by atoms with Gasteiger partial charge in [0.25, 0.3) is 10.0 Å². The van der Waals surface area contributed by atoms with Gasteiger partial charge in [-0.25, -0.2) is 8.42 Å². The summed E-state index contributed by atoms with van der Waals surface area (Å²) < 4.78 is 26.9. The van der Waals surface area contributed by atoms with Crippen LogP contribution in [0.5, 0.6) is 0 Å². The highest BCUT2D eigenvalue weighted by atomic mass is 79.9. The van der Waals surface area contributed by atoms with Gasteiger partial charge in [-0.05, 0) is 33.6 Å². The quantitative estimate of drug-likeness (QED) is 0.874. The maximum atomic E-state index is 12.1. The molecule has 2 N–H and O–H groups in total. The van der Waals surface area contributed by atoms with Crippen molar-refractivity contribution < 1.29 is 13.5 Å². The third-order valence-electron chi connectivity index (χ3n) is 2.05. The Morgan fingerprint density at radius 3 is 2.83 bits per heavy atom. The third kappa shape index (κ3) is 2.86. The fourth-order valence-corrected chi connectivity index (χ4v) is 3.95. The van der Waals surface area contributed by atoms with Gasteiger partial charge in [0.2, 0.25) is 5.13 Å². The van der Waals surface area contributed by atoms with Crippen molar-refractivity contribution >= 4 is 42.4 Å². The second kappa shape index (κ2) is 5.31. The van der Waals surface area contributed by atoms with E-state index >= 15 is 0 Å². The van der Waals surface area contributed by atoms with E-state index in [0.717, 1.165) is 11.3 Å². The Morgan fingerprint density at radius 2 is 2.22 bits per heavy atom. The Bertz CT molecular complexity index is 643. The van der Waals surface area contributed by atoms with Gasteiger partial charge in [0.1, 0.15) is 10.4 Å². The summed E-state index contributed by atoms with van der Waals surface area (Å²) >= 11 is 4.25. The molecule has 0 aliphatic heterocycles. The van der Waals surface area contributed by atoms with Crippen LogP contribution in [0.1, 0.15) is 5.56 Å². The minimum Gasteiger partial charge on any atom is -0.392 e. The molecular weight excluding hydrogens is 342 g/mol. The Kier molecular flexibility index (Phi) is 3.95. The first-order valence-corrected chi connectivity index (χ1v) is 7.87. The topological polar surface area (TPSA) is 92.2 Å². The van der Waals surface area contributed by atoms with Gasteiger partial charge in [-0.3, -0.25) is 4.72 Å². The van der Waals surface area contributed by atoms with Gasteiger partial charge in [-0.1, -0.05) is 17.4 Å². The van der Waals surface area contributed by atoms with Crippen molar-refractivity contribution in [2.45, 2.75) is 11.5 Å². The molecule has 96 valence electrons. The summed E-state index contributed by atoms with van der Waals surface area (Å²) in [4.78, 5) is 0.0456. The maximum Gasteiger partial charge on any atom is 0.264 e. The van der Waals surface area contributed by atoms with Crippen LogP contribution in [0.25, 0.3) is 0 Å². The first-order chi connectivity index (χ1) is 8.53. The van der Waals surface area contributed by atoms with Crippen molar-refractivity contribution in [3.8, 4) is 0 Å². The highest BCUT2D eigenvalue weighted by Crippen LogP contribution is 2.25. The van der Waals surface area contributed by atoms with E-state index in [0.29, 0.717) is 10.0 Å². The minimum atomic E-state index is -3.75. The van der Waals surface area contributed by atoms with Crippen molar-refractivity contribution in [3.63, 3.8) is 0 Å². The lowest BCUT2D eigenvalue weighted by molar-refractivity contribution is 0.281. The molecule has 0 spiro atoms. The van der Waals surface area contributed by atoms with Crippen LogP contribution < -0.4 is 4.72 Å². The second-order valence-corrected chi connectivity index (χ2v) is 6.61. The normalized spacial score (nSPS) is 11.4. The Morgan fingerprint density at radius 1 is 1.44 bits per heavy atom. The van der Waals surface area contributed by atoms with E-state index in [1.807, 2.05) is 0 Å². The van der Waals surface area contributed by atoms with Crippen LogP contribution in [0, 0.1) is 0 Å². The fourth-order valence-electron chi connectivity index (χ4n) is 1.24. The number of hydrogen-bond donors (Lipinski definition) is 2. The number of aliphatic hydroxyl groups excluding tert-OH is 1. The summed E-state index contributed by atoms with van der Waals surface area (Å²) in [6.07, 6.45) is 0. The summed E-state index contributed by atoms with van der Waals surface area (Å²) in [5.41, 5.74) is 1.94. The molecule has 2 aromatic rings. The average Bonchev–Trinajstić information content (AvgIpc) is 2.81. The van der Waals surface area contributed by atoms with Crippen molar-refractivity contribution in [1.29, 1.82) is 0 Å². The molecule has 2 rings (SSSR count). The largest absolute Gasteiger partial charge is 0.392 e. The van der Waals surface area contributed by atoms with Gasteiger partial charge in [0.05, 0.1) is 6.61 Å². The molecule has 0 saturated carbocycles. The van der Waals surface area contributed by atoms with Crippen molar-refractivity contribution in [1.82, 2.24) is 10.2 Å². The molecular formula is C9H8BrN3O3S2. The predicted molar refractivity (Wildman–Crippen MR) is 70.8 cm³/mol. The van der Waals surface area contributed by atoms with E-state index in [9.17, 15) is 8.42 Å². The molecule has 0 atom stereocenters. The van der Waals surface area contributed by atoms with Gasteiger partial charge < -0.3 is 5.11 Å². The summed E-state index contributed by atoms with van der Waals surface area (Å²) in [7, 11) is -3.75. The number of benzene rings is 1. The Balaban J connectivity index is 2.40. The molecule has 1 aromatic heterocycles. The van der Waals surface area contributed by atoms with E-state index in [-0.39, 0.29) is 16.6 Å². The van der Waals surface area contributed by atoms with E-state index in [4.69, 9.17) is 5.11 Å². The van der Waals surface area contributed by atoms with Crippen molar-refractivity contribution in [2.75, 3.05) is 4.72 Å². The SMILES string of the molecule is O=S(=O)(Nc1nncs1)c1cc(CO)ccc1Br. The smallest absolute Gasteiger partial charge is 0.264 e. The van der Waals surface area contributed by atoms with Crippen LogP contribution in [0.15, 0.2) is 33.1 Å². The molecule has 0 bridgehead atoms. The highest BCUT2D eigenvalue weighted by molar-refractivity contribution is 9.10. The summed E-state index contributed by atoms with van der Waals surface area (Å²) in [6, 6.07) is 4.60. The highest BCUT2D eigenvalue weighted by Gasteiger charge is 2.19. The first kappa shape index (κ1) is 13.4. The molecule has 0 amide bonds. The van der Waals surface area contributed by atoms with E-state index < -0.39 is 10.0 Å². The summed E-state index contributed by atoms with van der Waals surface area (Å²) in [6.45, 7) is -0.228. The van der Waals surface area contributed by atoms with Crippen LogP contribution >= 0.6 is 27.3 Å². The number of rotatable bonds is 4. The third-order valence-corrected chi connectivity index (χ3v) is 5.12. The zero-order chi connectivity index (χ0) is 13.2. The van der Waals surface area contributed by atoms with Crippen molar-refractivity contribution in [3.05, 3.63) is 33.7 Å². The number of halogens is 1. The van der Waals surface area contributed by atoms with E-state index in [2.05, 4.69) is 30.8 Å². The number of aliphatic hydroxyl groups is 1. The van der Waals surface area contributed by atoms with Crippen LogP contribution in [0.2, 0.25) is 0 Å². The van der Waals surface area contributed by atoms with Crippen LogP contribution in [0.3, 0.4) is 0 Å². The first-order valence-electron chi connectivity index (χ1n) is 4.71. The average molecular weight is 350 g/mol. The number of anilines is 1. The Hall–Kier alpha value is -1.03. The zero-order valence-corrected chi connectivity index (χ0v) is 12.1. The molecule has 1 heterocycles. The van der Waals surface area contributed by atoms with Gasteiger partial charge in [0.15, 0.2) is 0 Å². The lowest BCUT2D eigenvalue weighted by Crippen LogP contribution is -2.13. The molecule has 9 heteroatoms. The number of nitrogens with one attached hydrogen (secondary N) is 1. The van der Waals surface area contributed by atoms with Gasteiger partial charge >= 0.3 is 0 Å². The lowest BCUT2D eigenvalue weighted by Gasteiger charge is -2.08. The fraction of sp³-hybridized carbons (Fsp3) is 0.111. The number of aromatic nitrogens is 2. The minimum absolute atomic E-state index is 0.0456. The molecule has 1 aromatic carbocycles. The van der Waals surface area contributed by atoms with Gasteiger partial charge in [-0.2, -0.15) is 0 Å². The molecule has 0 unspecified atom stereocenters. The molecule has 6 nitrogen and oxygen atoms in total. The van der Waals surface area contributed by atoms with Gasteiger partial charge in [-0.15, -0.1) is 10.2 Å².